The largest absolute Gasteiger partial charge is 0.508 e. The standard InChI is InChI=1S/C80H94Cl4N14O25/c1-33(2)19-47(86-5)71(109)93-62-64(104)36-8-11-51(45(83)21-36)119-53-23-38-24-54(68(53)123-78-69(67(107)66(106)55(32-99)121-78)122-57-31-80(4,70(108)34(3)118-57)87-13-14-97-15-17-98(18-16-97)95-79(116)88-41-26-39(81)25-40(82)27-41)120-52-12-9-37(22-46(52)84)65(105)63-76(114)92-61(77(115)96-117-6)44-28-42(100)29-50(102)58(44)43-20-35(7-10-49(43)101)59(73(111)94-63)91-74(112)60(38)90-72(110)48(30-56(85)103)89-75(62)113/h7-12,20-29,33-34,47-48,55,57,59-67,69-70,78,86-87,99-102,104-108H,13-19,30-32H2,1-6H3,(H2,85,103)(H,89,113)(H,90,110)(H,91,112)(H,92,114)(H,93,109)(H,94,111)(H,96,115)(H2,88,95,116)/t34?,47?,48?,55?,57?,59?,60?,61-,62?,63?,64?,65?,66?,67?,69?,70?,78?,80-/m1/s1. The van der Waals surface area contributed by atoms with Crippen LogP contribution in [-0.4, -0.2) is 248 Å². The van der Waals surface area contributed by atoms with Crippen LogP contribution in [0.5, 0.6) is 46.0 Å². The molecular weight excluding hydrogens is 1700 g/mol. The van der Waals surface area contributed by atoms with Crippen molar-refractivity contribution in [2.75, 3.05) is 65.3 Å². The molecule has 8 aliphatic heterocycles. The molecule has 6 aromatic carbocycles. The molecule has 22 N–H and O–H groups in total. The number of aromatic hydroxyl groups is 3. The Labute approximate surface area is 722 Å². The number of carbonyl (C=O) groups excluding carboxylic acids is 9. The number of nitrogens with two attached hydrogens (primary N) is 1. The molecule has 8 aliphatic rings. The van der Waals surface area contributed by atoms with Crippen LogP contribution in [-0.2, 0) is 57.4 Å². The molecule has 14 rings (SSSR count). The first-order valence-electron chi connectivity index (χ1n) is 38.9. The van der Waals surface area contributed by atoms with E-state index in [4.69, 9.17) is 85.4 Å². The summed E-state index contributed by atoms with van der Waals surface area (Å²) in [6.45, 7) is 8.53. The Morgan fingerprint density at radius 3 is 1.93 bits per heavy atom. The number of urea groups is 1. The number of likely N-dealkylation sites (N-methyl/N-ethyl adjacent to an activating group) is 1. The quantitative estimate of drug-likeness (QED) is 0.0486. The van der Waals surface area contributed by atoms with Crippen LogP contribution in [0.3, 0.4) is 0 Å². The fourth-order valence-electron chi connectivity index (χ4n) is 15.3. The van der Waals surface area contributed by atoms with E-state index in [0.29, 0.717) is 48.5 Å². The van der Waals surface area contributed by atoms with Gasteiger partial charge < -0.3 is 128 Å². The minimum absolute atomic E-state index is 0.112. The number of fused-ring (bicyclic) bond motifs is 15. The van der Waals surface area contributed by atoms with Crippen molar-refractivity contribution in [1.82, 2.24) is 63.3 Å². The van der Waals surface area contributed by atoms with Crippen LogP contribution in [0.2, 0.25) is 20.1 Å². The van der Waals surface area contributed by atoms with E-state index in [1.807, 2.05) is 13.8 Å². The summed E-state index contributed by atoms with van der Waals surface area (Å²) in [7, 11) is 2.52. The van der Waals surface area contributed by atoms with Gasteiger partial charge >= 0.3 is 6.03 Å². The van der Waals surface area contributed by atoms with E-state index in [1.165, 1.54) is 31.3 Å². The van der Waals surface area contributed by atoms with E-state index in [-0.39, 0.29) is 52.8 Å². The first kappa shape index (κ1) is 91.9. The van der Waals surface area contributed by atoms with E-state index in [2.05, 4.69) is 63.7 Å². The van der Waals surface area contributed by atoms with Gasteiger partial charge in [0.1, 0.15) is 95.5 Å². The third-order valence-corrected chi connectivity index (χ3v) is 22.7. The molecule has 0 radical (unpaired) electrons. The highest BCUT2D eigenvalue weighted by Crippen LogP contribution is 2.50. The highest BCUT2D eigenvalue weighted by Gasteiger charge is 2.52. The summed E-state index contributed by atoms with van der Waals surface area (Å²) in [5, 5.41) is 132. The number of ether oxygens (including phenoxy) is 6. The predicted octanol–water partition coefficient (Wildman–Crippen LogP) is 1.99. The number of phenols is 3. The molecule has 18 atom stereocenters. The van der Waals surface area contributed by atoms with Crippen LogP contribution in [0.1, 0.15) is 105 Å². The molecule has 0 saturated carbocycles. The molecule has 8 heterocycles. The van der Waals surface area contributed by atoms with Crippen LogP contribution in [0.15, 0.2) is 97.1 Å². The number of piperazine rings is 1. The van der Waals surface area contributed by atoms with Crippen molar-refractivity contribution in [2.45, 2.75) is 156 Å². The number of nitrogens with zero attached hydrogens (tertiary/aromatic N) is 2. The van der Waals surface area contributed by atoms with E-state index in [9.17, 15) is 65.1 Å². The van der Waals surface area contributed by atoms with Gasteiger partial charge in [-0.05, 0) is 134 Å². The van der Waals surface area contributed by atoms with Crippen LogP contribution >= 0.6 is 46.4 Å². The number of anilines is 1. The maximum Gasteiger partial charge on any atom is 0.333 e. The number of halogens is 4. The molecule has 11 bridgehead atoms. The lowest BCUT2D eigenvalue weighted by atomic mass is 9.85. The number of hydrogen-bond acceptors (Lipinski definition) is 29. The summed E-state index contributed by atoms with van der Waals surface area (Å²) in [5.74, 6) is -15.2. The van der Waals surface area contributed by atoms with Gasteiger partial charge in [-0.15, -0.1) is 0 Å². The van der Waals surface area contributed by atoms with Crippen molar-refractivity contribution >= 4 is 105 Å². The lowest BCUT2D eigenvalue weighted by molar-refractivity contribution is -0.334. The molecule has 43 heteroatoms. The van der Waals surface area contributed by atoms with Crippen LogP contribution in [0, 0.1) is 5.92 Å². The molecule has 3 fully saturated rings. The predicted molar refractivity (Wildman–Crippen MR) is 437 cm³/mol. The van der Waals surface area contributed by atoms with Gasteiger partial charge in [-0.3, -0.25) is 53.5 Å². The van der Waals surface area contributed by atoms with Gasteiger partial charge in [-0.2, -0.15) is 0 Å². The average molecular weight is 1790 g/mol. The minimum atomic E-state index is -2.37. The van der Waals surface area contributed by atoms with Crippen molar-refractivity contribution in [1.29, 1.82) is 0 Å². The zero-order valence-corrected chi connectivity index (χ0v) is 69.8. The Kier molecular flexibility index (Phi) is 29.4. The summed E-state index contributed by atoms with van der Waals surface area (Å²) < 4.78 is 39.6. The molecule has 0 aliphatic carbocycles. The summed E-state index contributed by atoms with van der Waals surface area (Å²) in [4.78, 5) is 139. The molecule has 39 nitrogen and oxygen atoms in total. The number of aliphatic hydroxyl groups is 6. The second-order valence-electron chi connectivity index (χ2n) is 30.9. The van der Waals surface area contributed by atoms with Gasteiger partial charge in [0.15, 0.2) is 23.9 Å². The number of hydrazine groups is 1. The summed E-state index contributed by atoms with van der Waals surface area (Å²) in [6.07, 6.45) is -18.8. The number of benzene rings is 6. The fraction of sp³-hybridized carbons (Fsp3) is 0.438. The van der Waals surface area contributed by atoms with E-state index in [1.54, 1.807) is 31.0 Å². The number of rotatable bonds is 20. The number of hydrogen-bond donors (Lipinski definition) is 21. The monoisotopic (exact) mass is 1790 g/mol. The van der Waals surface area contributed by atoms with Gasteiger partial charge in [-0.25, -0.2) is 15.3 Å². The van der Waals surface area contributed by atoms with Gasteiger partial charge in [0.2, 0.25) is 53.4 Å². The first-order chi connectivity index (χ1) is 58.4. The van der Waals surface area contributed by atoms with Gasteiger partial charge in [0, 0.05) is 84.2 Å². The lowest BCUT2D eigenvalue weighted by Gasteiger charge is -2.48. The van der Waals surface area contributed by atoms with Crippen molar-refractivity contribution in [3.63, 3.8) is 0 Å². The highest BCUT2D eigenvalue weighted by atomic mass is 35.5. The number of primary amides is 1. The van der Waals surface area contributed by atoms with Crippen molar-refractivity contribution in [3.05, 3.63) is 145 Å². The highest BCUT2D eigenvalue weighted by molar-refractivity contribution is 6.35. The van der Waals surface area contributed by atoms with Crippen molar-refractivity contribution < 1.29 is 122 Å². The molecule has 6 aromatic rings. The number of phenolic OH excluding ortho intramolecular Hbond substituents is 3. The van der Waals surface area contributed by atoms with Gasteiger partial charge in [0.05, 0.1) is 48.4 Å². The van der Waals surface area contributed by atoms with Crippen molar-refractivity contribution in [3.8, 4) is 57.1 Å². The topological polar surface area (TPSA) is 565 Å². The second kappa shape index (κ2) is 39.3. The van der Waals surface area contributed by atoms with E-state index < -0.39 is 243 Å². The molecule has 16 unspecified atom stereocenters. The first-order valence-corrected chi connectivity index (χ1v) is 40.5. The Bertz CT molecular complexity index is 4980. The number of aliphatic hydroxyl groups excluding tert-OH is 6. The third kappa shape index (κ3) is 21.2. The Morgan fingerprint density at radius 2 is 1.32 bits per heavy atom. The normalized spacial score (nSPS) is 27.2. The Hall–Kier alpha value is -10.2. The molecular formula is C80H94Cl4N14O25. The molecule has 123 heavy (non-hydrogen) atoms. The number of carbonyl (C=O) groups is 9. The molecule has 10 amide bonds. The Balaban J connectivity index is 0.981. The maximum atomic E-state index is 16.3. The zero-order valence-electron chi connectivity index (χ0n) is 66.7. The average Bonchev–Trinajstić information content (AvgIpc) is 0.765. The van der Waals surface area contributed by atoms with Crippen molar-refractivity contribution in [2.24, 2.45) is 11.7 Å². The smallest absolute Gasteiger partial charge is 0.333 e. The molecule has 662 valence electrons. The maximum absolute atomic E-state index is 16.3. The molecule has 0 spiro atoms. The summed E-state index contributed by atoms with van der Waals surface area (Å²) in [6, 6.07) is 3.99. The molecule has 0 aromatic heterocycles. The second-order valence-corrected chi connectivity index (χ2v) is 32.6. The summed E-state index contributed by atoms with van der Waals surface area (Å²) >= 11 is 26.6. The van der Waals surface area contributed by atoms with Crippen LogP contribution in [0.25, 0.3) is 11.1 Å². The van der Waals surface area contributed by atoms with E-state index >= 15 is 24.0 Å². The number of amides is 10. The lowest BCUT2D eigenvalue weighted by Crippen LogP contribution is -2.66. The minimum Gasteiger partial charge on any atom is -0.508 e. The van der Waals surface area contributed by atoms with Crippen LogP contribution < -0.4 is 78.7 Å². The zero-order chi connectivity index (χ0) is 88.9. The fourth-order valence-corrected chi connectivity index (χ4v) is 16.3. The third-order valence-electron chi connectivity index (χ3n) is 21.7. The van der Waals surface area contributed by atoms with Crippen LogP contribution in [0.4, 0.5) is 10.5 Å². The van der Waals surface area contributed by atoms with Gasteiger partial charge in [0.25, 0.3) is 5.91 Å². The molecule has 3 saturated heterocycles. The number of hydroxylamine groups is 1. The van der Waals surface area contributed by atoms with E-state index in [0.717, 1.165) is 67.8 Å². The number of nitrogens with one attached hydrogen (secondary N) is 11. The van der Waals surface area contributed by atoms with Gasteiger partial charge in [-0.1, -0.05) is 78.5 Å². The SMILES string of the molecule is CNC(CC(C)C)C(=O)NC1C(=O)NC(CC(N)=O)C(=O)NC2C(=O)NC3C(=O)NC(C(=O)N[C@@H](C(=O)NOC)c4cc(O)cc(O)c4-c4cc3ccc4O)C(O)c3ccc(c(Cl)c3)Oc3cc2cc(c3OC2OC(CO)C(O)C(O)C2OC2C[C@@](C)(NCCN3CCN(NC(=O)Nc4cc(Cl)cc(Cl)c4)CC3)C(O)C(C)O2)Oc2ccc(cc2Cl)C1O. The summed E-state index contributed by atoms with van der Waals surface area (Å²) in [5.41, 5.74) is 7.27. The Morgan fingerprint density at radius 1 is 0.691 bits per heavy atom.